The highest BCUT2D eigenvalue weighted by Gasteiger charge is 2.23. The molecule has 0 radical (unpaired) electrons. The van der Waals surface area contributed by atoms with Crippen molar-refractivity contribution in [1.29, 1.82) is 0 Å². The maximum atomic E-state index is 12.5. The molecule has 1 saturated heterocycles. The van der Waals surface area contributed by atoms with Gasteiger partial charge in [0.2, 0.25) is 5.88 Å². The zero-order chi connectivity index (χ0) is 15.8. The summed E-state index contributed by atoms with van der Waals surface area (Å²) in [4.78, 5) is 25.1. The molecule has 120 valence electrons. The molecule has 4 rings (SSSR count). The molecule has 1 aliphatic heterocycles. The molecular weight excluding hydrogens is 314 g/mol. The smallest absolute Gasteiger partial charge is 0.265 e. The predicted molar refractivity (Wildman–Crippen MR) is 87.8 cm³/mol. The molecule has 0 amide bonds. The Bertz CT molecular complexity index is 818. The number of nitrogens with one attached hydrogen (secondary N) is 1. The first-order valence-electron chi connectivity index (χ1n) is 7.80. The quantitative estimate of drug-likeness (QED) is 0.882. The van der Waals surface area contributed by atoms with Gasteiger partial charge in [0.25, 0.3) is 5.56 Å². The first kappa shape index (κ1) is 14.6. The van der Waals surface area contributed by atoms with E-state index in [4.69, 9.17) is 4.74 Å². The summed E-state index contributed by atoms with van der Waals surface area (Å²) in [5.74, 6) is 0.440. The molecule has 7 heteroatoms. The molecule has 0 spiro atoms. The van der Waals surface area contributed by atoms with Crippen LogP contribution < -0.4 is 5.56 Å². The highest BCUT2D eigenvalue weighted by Crippen LogP contribution is 2.34. The van der Waals surface area contributed by atoms with Crippen molar-refractivity contribution in [3.8, 4) is 16.5 Å². The van der Waals surface area contributed by atoms with Crippen molar-refractivity contribution < 1.29 is 9.84 Å². The summed E-state index contributed by atoms with van der Waals surface area (Å²) in [7, 11) is 0. The molecule has 2 aliphatic rings. The molecule has 6 nitrogen and oxygen atoms in total. The summed E-state index contributed by atoms with van der Waals surface area (Å²) in [5, 5.41) is 10.8. The van der Waals surface area contributed by atoms with E-state index in [2.05, 4.69) is 21.0 Å². The molecule has 0 atom stereocenters. The van der Waals surface area contributed by atoms with Gasteiger partial charge in [-0.15, -0.1) is 11.3 Å². The average molecular weight is 331 g/mol. The van der Waals surface area contributed by atoms with Crippen LogP contribution in [0.4, 0.5) is 0 Å². The van der Waals surface area contributed by atoms with Gasteiger partial charge in [0.15, 0.2) is 0 Å². The number of aryl methyl sites for hydroxylation is 1. The summed E-state index contributed by atoms with van der Waals surface area (Å²) in [6, 6.07) is 0. The lowest BCUT2D eigenvalue weighted by molar-refractivity contribution is 0.0834. The van der Waals surface area contributed by atoms with E-state index in [0.29, 0.717) is 24.0 Å². The minimum atomic E-state index is -0.325. The first-order chi connectivity index (χ1) is 11.2. The van der Waals surface area contributed by atoms with Crippen LogP contribution in [0.3, 0.4) is 0 Å². The second kappa shape index (κ2) is 5.90. The van der Waals surface area contributed by atoms with E-state index in [1.165, 1.54) is 11.3 Å². The van der Waals surface area contributed by atoms with E-state index in [1.807, 2.05) is 6.08 Å². The Balaban J connectivity index is 1.73. The van der Waals surface area contributed by atoms with Crippen molar-refractivity contribution in [1.82, 2.24) is 15.0 Å². The van der Waals surface area contributed by atoms with Crippen molar-refractivity contribution in [3.05, 3.63) is 32.8 Å². The molecule has 3 heterocycles. The third-order valence-electron chi connectivity index (χ3n) is 4.29. The maximum absolute atomic E-state index is 12.5. The zero-order valence-corrected chi connectivity index (χ0v) is 13.4. The lowest BCUT2D eigenvalue weighted by Gasteiger charge is -2.21. The molecule has 0 bridgehead atoms. The molecule has 2 N–H and O–H groups in total. The van der Waals surface area contributed by atoms with E-state index < -0.39 is 0 Å². The summed E-state index contributed by atoms with van der Waals surface area (Å²) in [6.45, 7) is 1.31. The zero-order valence-electron chi connectivity index (χ0n) is 12.5. The SMILES string of the molecule is O=c1[nH]c(C2CCOCC2)nc(O)c1-c1nc2c(s1)C=CCC2. The number of aromatic hydroxyl groups is 1. The second-order valence-corrected chi connectivity index (χ2v) is 6.84. The highest BCUT2D eigenvalue weighted by atomic mass is 32.1. The minimum Gasteiger partial charge on any atom is -0.493 e. The number of allylic oxidation sites excluding steroid dienone is 1. The van der Waals surface area contributed by atoms with Crippen molar-refractivity contribution in [2.75, 3.05) is 13.2 Å². The van der Waals surface area contributed by atoms with Crippen molar-refractivity contribution >= 4 is 17.4 Å². The van der Waals surface area contributed by atoms with Crippen LogP contribution in [0.15, 0.2) is 10.9 Å². The van der Waals surface area contributed by atoms with E-state index in [0.717, 1.165) is 36.3 Å². The van der Waals surface area contributed by atoms with Crippen LogP contribution in [0, 0.1) is 0 Å². The van der Waals surface area contributed by atoms with Crippen LogP contribution >= 0.6 is 11.3 Å². The van der Waals surface area contributed by atoms with Crippen LogP contribution in [0.1, 0.15) is 41.6 Å². The van der Waals surface area contributed by atoms with E-state index in [-0.39, 0.29) is 22.9 Å². The van der Waals surface area contributed by atoms with Gasteiger partial charge in [0, 0.05) is 19.1 Å². The Morgan fingerprint density at radius 2 is 2.13 bits per heavy atom. The minimum absolute atomic E-state index is 0.129. The number of thiazole rings is 1. The normalized spacial score (nSPS) is 18.1. The first-order valence-corrected chi connectivity index (χ1v) is 8.61. The number of aromatic amines is 1. The molecule has 2 aromatic rings. The van der Waals surface area contributed by atoms with Gasteiger partial charge in [-0.25, -0.2) is 4.98 Å². The summed E-state index contributed by atoms with van der Waals surface area (Å²) in [6.07, 6.45) is 7.56. The third-order valence-corrected chi connectivity index (χ3v) is 5.37. The van der Waals surface area contributed by atoms with Gasteiger partial charge in [-0.3, -0.25) is 4.79 Å². The molecule has 0 aromatic carbocycles. The number of hydrogen-bond acceptors (Lipinski definition) is 6. The Hall–Kier alpha value is -1.99. The number of rotatable bonds is 2. The molecule has 1 fully saturated rings. The number of ether oxygens (including phenoxy) is 1. The summed E-state index contributed by atoms with van der Waals surface area (Å²) >= 11 is 1.42. The Morgan fingerprint density at radius 3 is 2.87 bits per heavy atom. The van der Waals surface area contributed by atoms with Gasteiger partial charge in [-0.05, 0) is 31.8 Å². The average Bonchev–Trinajstić information content (AvgIpc) is 2.98. The maximum Gasteiger partial charge on any atom is 0.265 e. The number of nitrogens with zero attached hydrogens (tertiary/aromatic N) is 2. The summed E-state index contributed by atoms with van der Waals surface area (Å²) in [5.41, 5.74) is 0.836. The van der Waals surface area contributed by atoms with Crippen LogP contribution in [-0.2, 0) is 11.2 Å². The van der Waals surface area contributed by atoms with Gasteiger partial charge in [0.1, 0.15) is 16.4 Å². The Kier molecular flexibility index (Phi) is 3.74. The molecule has 2 aromatic heterocycles. The Labute approximate surface area is 136 Å². The fraction of sp³-hybridized carbons (Fsp3) is 0.438. The monoisotopic (exact) mass is 331 g/mol. The van der Waals surface area contributed by atoms with Crippen LogP contribution in [0.2, 0.25) is 0 Å². The standard InChI is InChI=1S/C16H17N3O3S/c20-14-12(16-17-10-3-1-2-4-11(10)23-16)15(21)19-13(18-14)9-5-7-22-8-6-9/h2,4,9H,1,3,5-8H2,(H2,18,19,20,21). The van der Waals surface area contributed by atoms with E-state index in [9.17, 15) is 9.90 Å². The highest BCUT2D eigenvalue weighted by molar-refractivity contribution is 7.16. The van der Waals surface area contributed by atoms with Crippen LogP contribution in [0.5, 0.6) is 5.88 Å². The number of fused-ring (bicyclic) bond motifs is 1. The number of aromatic nitrogens is 3. The fourth-order valence-corrected chi connectivity index (χ4v) is 4.11. The van der Waals surface area contributed by atoms with Crippen LogP contribution in [0.25, 0.3) is 16.6 Å². The topological polar surface area (TPSA) is 88.1 Å². The van der Waals surface area contributed by atoms with Gasteiger partial charge in [-0.1, -0.05) is 6.08 Å². The van der Waals surface area contributed by atoms with Gasteiger partial charge in [0.05, 0.1) is 10.6 Å². The summed E-state index contributed by atoms with van der Waals surface area (Å²) < 4.78 is 5.32. The molecule has 23 heavy (non-hydrogen) atoms. The number of hydrogen-bond donors (Lipinski definition) is 2. The van der Waals surface area contributed by atoms with Gasteiger partial charge >= 0.3 is 0 Å². The van der Waals surface area contributed by atoms with Gasteiger partial charge in [-0.2, -0.15) is 4.98 Å². The third kappa shape index (κ3) is 2.70. The molecule has 1 aliphatic carbocycles. The van der Waals surface area contributed by atoms with Gasteiger partial charge < -0.3 is 14.8 Å². The van der Waals surface area contributed by atoms with Crippen molar-refractivity contribution in [2.24, 2.45) is 0 Å². The van der Waals surface area contributed by atoms with Crippen LogP contribution in [-0.4, -0.2) is 33.3 Å². The molecule has 0 unspecified atom stereocenters. The van der Waals surface area contributed by atoms with Crippen molar-refractivity contribution in [2.45, 2.75) is 31.6 Å². The van der Waals surface area contributed by atoms with E-state index in [1.54, 1.807) is 0 Å². The second-order valence-electron chi connectivity index (χ2n) is 5.81. The predicted octanol–water partition coefficient (Wildman–Crippen LogP) is 2.45. The lowest BCUT2D eigenvalue weighted by Crippen LogP contribution is -2.21. The molecular formula is C16H17N3O3S. The molecule has 0 saturated carbocycles. The van der Waals surface area contributed by atoms with Crippen molar-refractivity contribution in [3.63, 3.8) is 0 Å². The lowest BCUT2D eigenvalue weighted by atomic mass is 9.99. The Morgan fingerprint density at radius 1 is 1.30 bits per heavy atom. The largest absolute Gasteiger partial charge is 0.493 e. The number of H-pyrrole nitrogens is 1. The fourth-order valence-electron chi connectivity index (χ4n) is 3.03. The van der Waals surface area contributed by atoms with E-state index >= 15 is 0 Å².